The van der Waals surface area contributed by atoms with E-state index < -0.39 is 0 Å². The number of hydrogen-bond acceptors (Lipinski definition) is 4. The lowest BCUT2D eigenvalue weighted by Crippen LogP contribution is -2.12. The smallest absolute Gasteiger partial charge is 0.291 e. The Bertz CT molecular complexity index is 968. The number of carbonyl (C=O) groups excluding carboxylic acids is 1. The maximum atomic E-state index is 12.4. The van der Waals surface area contributed by atoms with Crippen LogP contribution in [0.1, 0.15) is 21.9 Å². The molecule has 1 N–H and O–H groups in total. The second-order valence-electron chi connectivity index (χ2n) is 5.76. The Morgan fingerprint density at radius 1 is 1.11 bits per heavy atom. The van der Waals surface area contributed by atoms with E-state index in [0.29, 0.717) is 33.0 Å². The fraction of sp³-hybridized carbons (Fsp3) is 0.150. The molecule has 0 saturated heterocycles. The number of carbonyl (C=O) groups is 1. The molecule has 0 atom stereocenters. The molecule has 0 aliphatic carbocycles. The standard InChI is InChI=1S/C20H17Cl2NO4/c1-12-6-8-16(25-2)15(10-12)23-20(24)18-9-7-13(27-18)11-26-17-5-3-4-14(21)19(17)22/h3-10H,11H2,1-2H3,(H,23,24). The Balaban J connectivity index is 1.67. The molecule has 0 spiro atoms. The minimum Gasteiger partial charge on any atom is -0.495 e. The lowest BCUT2D eigenvalue weighted by atomic mass is 10.2. The summed E-state index contributed by atoms with van der Waals surface area (Å²) in [5, 5.41) is 3.52. The Kier molecular flexibility index (Phi) is 5.94. The first-order valence-corrected chi connectivity index (χ1v) is 8.85. The number of amides is 1. The van der Waals surface area contributed by atoms with E-state index in [4.69, 9.17) is 37.1 Å². The van der Waals surface area contributed by atoms with Crippen LogP contribution in [-0.4, -0.2) is 13.0 Å². The highest BCUT2D eigenvalue weighted by Gasteiger charge is 2.15. The summed E-state index contributed by atoms with van der Waals surface area (Å²) in [5.74, 6) is 1.27. The van der Waals surface area contributed by atoms with Gasteiger partial charge < -0.3 is 19.2 Å². The van der Waals surface area contributed by atoms with E-state index >= 15 is 0 Å². The molecule has 27 heavy (non-hydrogen) atoms. The second-order valence-corrected chi connectivity index (χ2v) is 6.55. The molecule has 0 bridgehead atoms. The highest BCUT2D eigenvalue weighted by Crippen LogP contribution is 2.32. The highest BCUT2D eigenvalue weighted by atomic mass is 35.5. The molecule has 140 valence electrons. The first-order chi connectivity index (χ1) is 13.0. The first kappa shape index (κ1) is 19.1. The normalized spacial score (nSPS) is 10.5. The monoisotopic (exact) mass is 405 g/mol. The van der Waals surface area contributed by atoms with Crippen LogP contribution in [0.5, 0.6) is 11.5 Å². The summed E-state index contributed by atoms with van der Waals surface area (Å²) >= 11 is 12.0. The van der Waals surface area contributed by atoms with Crippen molar-refractivity contribution in [1.29, 1.82) is 0 Å². The van der Waals surface area contributed by atoms with Crippen molar-refractivity contribution in [3.05, 3.63) is 75.7 Å². The molecule has 0 aliphatic rings. The van der Waals surface area contributed by atoms with E-state index in [1.54, 1.807) is 43.5 Å². The van der Waals surface area contributed by atoms with Gasteiger partial charge in [-0.2, -0.15) is 0 Å². The van der Waals surface area contributed by atoms with Gasteiger partial charge >= 0.3 is 0 Å². The van der Waals surface area contributed by atoms with E-state index in [9.17, 15) is 4.79 Å². The number of aryl methyl sites for hydroxylation is 1. The van der Waals surface area contributed by atoms with E-state index in [0.717, 1.165) is 5.56 Å². The SMILES string of the molecule is COc1ccc(C)cc1NC(=O)c1ccc(COc2cccc(Cl)c2Cl)o1. The van der Waals surface area contributed by atoms with Gasteiger partial charge in [0, 0.05) is 0 Å². The molecule has 0 unspecified atom stereocenters. The number of ether oxygens (including phenoxy) is 2. The topological polar surface area (TPSA) is 60.7 Å². The van der Waals surface area contributed by atoms with Gasteiger partial charge in [0.2, 0.25) is 0 Å². The minimum atomic E-state index is -0.383. The molecule has 0 aliphatic heterocycles. The van der Waals surface area contributed by atoms with Crippen molar-refractivity contribution in [3.63, 3.8) is 0 Å². The number of anilines is 1. The number of benzene rings is 2. The number of hydrogen-bond donors (Lipinski definition) is 1. The summed E-state index contributed by atoms with van der Waals surface area (Å²) in [6.07, 6.45) is 0. The average molecular weight is 406 g/mol. The predicted molar refractivity (Wildman–Crippen MR) is 105 cm³/mol. The number of methoxy groups -OCH3 is 1. The molecule has 1 amide bonds. The van der Waals surface area contributed by atoms with Gasteiger partial charge in [-0.25, -0.2) is 0 Å². The summed E-state index contributed by atoms with van der Waals surface area (Å²) in [5.41, 5.74) is 1.57. The van der Waals surface area contributed by atoms with E-state index in [2.05, 4.69) is 5.32 Å². The van der Waals surface area contributed by atoms with Crippen LogP contribution in [0.2, 0.25) is 10.0 Å². The van der Waals surface area contributed by atoms with Crippen LogP contribution in [0, 0.1) is 6.92 Å². The zero-order chi connectivity index (χ0) is 19.4. The van der Waals surface area contributed by atoms with Crippen LogP contribution in [0.4, 0.5) is 5.69 Å². The Hall–Kier alpha value is -2.63. The lowest BCUT2D eigenvalue weighted by molar-refractivity contribution is 0.0992. The summed E-state index contributed by atoms with van der Waals surface area (Å²) in [6.45, 7) is 2.04. The largest absolute Gasteiger partial charge is 0.495 e. The zero-order valence-electron chi connectivity index (χ0n) is 14.7. The average Bonchev–Trinajstić information content (AvgIpc) is 3.12. The maximum absolute atomic E-state index is 12.4. The molecule has 1 heterocycles. The lowest BCUT2D eigenvalue weighted by Gasteiger charge is -2.10. The van der Waals surface area contributed by atoms with Crippen LogP contribution < -0.4 is 14.8 Å². The molecule has 2 aromatic carbocycles. The summed E-state index contributed by atoms with van der Waals surface area (Å²) in [4.78, 5) is 12.4. The van der Waals surface area contributed by atoms with Crippen LogP contribution >= 0.6 is 23.2 Å². The van der Waals surface area contributed by atoms with Crippen molar-refractivity contribution in [2.45, 2.75) is 13.5 Å². The van der Waals surface area contributed by atoms with Gasteiger partial charge in [-0.15, -0.1) is 0 Å². The number of nitrogens with one attached hydrogen (secondary N) is 1. The van der Waals surface area contributed by atoms with Crippen molar-refractivity contribution < 1.29 is 18.7 Å². The van der Waals surface area contributed by atoms with E-state index in [1.165, 1.54) is 0 Å². The van der Waals surface area contributed by atoms with Gasteiger partial charge in [0.05, 0.1) is 17.8 Å². The Labute approximate surface area is 166 Å². The van der Waals surface area contributed by atoms with Crippen molar-refractivity contribution in [1.82, 2.24) is 0 Å². The van der Waals surface area contributed by atoms with Gasteiger partial charge in [-0.3, -0.25) is 4.79 Å². The van der Waals surface area contributed by atoms with Crippen molar-refractivity contribution >= 4 is 34.8 Å². The van der Waals surface area contributed by atoms with Gasteiger partial charge in [0.15, 0.2) is 5.76 Å². The number of furan rings is 1. The van der Waals surface area contributed by atoms with Gasteiger partial charge in [-0.1, -0.05) is 35.3 Å². The minimum absolute atomic E-state index is 0.112. The maximum Gasteiger partial charge on any atom is 0.291 e. The first-order valence-electron chi connectivity index (χ1n) is 8.09. The third-order valence-corrected chi connectivity index (χ3v) is 4.58. The molecule has 0 saturated carbocycles. The second kappa shape index (κ2) is 8.37. The zero-order valence-corrected chi connectivity index (χ0v) is 16.2. The summed E-state index contributed by atoms with van der Waals surface area (Å²) in [6, 6.07) is 13.9. The van der Waals surface area contributed by atoms with Crippen LogP contribution in [-0.2, 0) is 6.61 Å². The fourth-order valence-electron chi connectivity index (χ4n) is 2.43. The molecular formula is C20H17Cl2NO4. The van der Waals surface area contributed by atoms with Gasteiger partial charge in [-0.05, 0) is 48.9 Å². The Morgan fingerprint density at radius 2 is 1.93 bits per heavy atom. The number of halogens is 2. The highest BCUT2D eigenvalue weighted by molar-refractivity contribution is 6.42. The third-order valence-electron chi connectivity index (χ3n) is 3.77. The van der Waals surface area contributed by atoms with Crippen LogP contribution in [0.25, 0.3) is 0 Å². The predicted octanol–water partition coefficient (Wildman–Crippen LogP) is 5.73. The van der Waals surface area contributed by atoms with Crippen LogP contribution in [0.15, 0.2) is 52.9 Å². The van der Waals surface area contributed by atoms with E-state index in [-0.39, 0.29) is 18.3 Å². The molecule has 3 aromatic rings. The van der Waals surface area contributed by atoms with Crippen molar-refractivity contribution in [2.24, 2.45) is 0 Å². The molecular weight excluding hydrogens is 389 g/mol. The quantitative estimate of drug-likeness (QED) is 0.568. The van der Waals surface area contributed by atoms with Crippen LogP contribution in [0.3, 0.4) is 0 Å². The molecule has 1 aromatic heterocycles. The summed E-state index contributed by atoms with van der Waals surface area (Å²) in [7, 11) is 1.55. The molecule has 5 nitrogen and oxygen atoms in total. The third kappa shape index (κ3) is 4.56. The molecule has 0 fully saturated rings. The molecule has 0 radical (unpaired) electrons. The fourth-order valence-corrected chi connectivity index (χ4v) is 2.77. The molecule has 3 rings (SSSR count). The Morgan fingerprint density at radius 3 is 2.70 bits per heavy atom. The van der Waals surface area contributed by atoms with E-state index in [1.807, 2.05) is 19.1 Å². The molecule has 7 heteroatoms. The van der Waals surface area contributed by atoms with Crippen molar-refractivity contribution in [2.75, 3.05) is 12.4 Å². The van der Waals surface area contributed by atoms with Gasteiger partial charge in [0.1, 0.15) is 28.9 Å². The number of rotatable bonds is 6. The van der Waals surface area contributed by atoms with Crippen molar-refractivity contribution in [3.8, 4) is 11.5 Å². The van der Waals surface area contributed by atoms with Gasteiger partial charge in [0.25, 0.3) is 5.91 Å². The summed E-state index contributed by atoms with van der Waals surface area (Å²) < 4.78 is 16.4.